The average Bonchev–Trinajstić information content (AvgIpc) is 2.18. The van der Waals surface area contributed by atoms with Gasteiger partial charge < -0.3 is 5.11 Å². The summed E-state index contributed by atoms with van der Waals surface area (Å²) in [6.45, 7) is 7.73. The van der Waals surface area contributed by atoms with Gasteiger partial charge in [0.2, 0.25) is 0 Å². The smallest absolute Gasteiger partial charge is 0.303 e. The number of hydrogen-bond acceptors (Lipinski definition) is 3. The van der Waals surface area contributed by atoms with Crippen molar-refractivity contribution < 1.29 is 9.90 Å². The van der Waals surface area contributed by atoms with Gasteiger partial charge in [0, 0.05) is 36.1 Å². The summed E-state index contributed by atoms with van der Waals surface area (Å²) >= 11 is 2.01. The van der Waals surface area contributed by atoms with E-state index >= 15 is 0 Å². The lowest BCUT2D eigenvalue weighted by molar-refractivity contribution is -0.137. The first kappa shape index (κ1) is 12.8. The van der Waals surface area contributed by atoms with Crippen molar-refractivity contribution in [2.45, 2.75) is 50.9 Å². The Labute approximate surface area is 96.2 Å². The fourth-order valence-corrected chi connectivity index (χ4v) is 3.20. The maximum absolute atomic E-state index is 10.5. The molecule has 1 aliphatic rings. The van der Waals surface area contributed by atoms with Crippen LogP contribution in [0.3, 0.4) is 0 Å². The minimum atomic E-state index is -0.686. The van der Waals surface area contributed by atoms with Crippen molar-refractivity contribution in [3.63, 3.8) is 0 Å². The lowest BCUT2D eigenvalue weighted by atomic mass is 10.1. The second-order valence-corrected chi connectivity index (χ2v) is 5.82. The van der Waals surface area contributed by atoms with Crippen LogP contribution in [0.5, 0.6) is 0 Å². The SMILES string of the molecule is CC1SCCN(C(C)CCC(=O)O)C1C. The standard InChI is InChI=1S/C11H21NO2S/c1-8(4-5-11(13)14)12-6-7-15-10(3)9(12)2/h8-10H,4-7H2,1-3H3,(H,13,14). The fourth-order valence-electron chi connectivity index (χ4n) is 2.08. The van der Waals surface area contributed by atoms with Gasteiger partial charge in [0.15, 0.2) is 0 Å². The summed E-state index contributed by atoms with van der Waals surface area (Å²) in [5.41, 5.74) is 0. The van der Waals surface area contributed by atoms with Gasteiger partial charge in [-0.25, -0.2) is 0 Å². The quantitative estimate of drug-likeness (QED) is 0.804. The van der Waals surface area contributed by atoms with Gasteiger partial charge in [-0.3, -0.25) is 9.69 Å². The van der Waals surface area contributed by atoms with Crippen molar-refractivity contribution in [3.05, 3.63) is 0 Å². The molecule has 1 heterocycles. The Balaban J connectivity index is 2.43. The highest BCUT2D eigenvalue weighted by Crippen LogP contribution is 2.26. The van der Waals surface area contributed by atoms with Crippen LogP contribution in [0.2, 0.25) is 0 Å². The molecule has 1 N–H and O–H groups in total. The van der Waals surface area contributed by atoms with Gasteiger partial charge in [-0.2, -0.15) is 11.8 Å². The molecule has 1 rings (SSSR count). The summed E-state index contributed by atoms with van der Waals surface area (Å²) in [5.74, 6) is 0.483. The van der Waals surface area contributed by atoms with Gasteiger partial charge in [0.25, 0.3) is 0 Å². The zero-order valence-electron chi connectivity index (χ0n) is 9.77. The highest BCUT2D eigenvalue weighted by molar-refractivity contribution is 8.00. The highest BCUT2D eigenvalue weighted by Gasteiger charge is 2.28. The molecule has 0 aromatic carbocycles. The number of carbonyl (C=O) groups is 1. The van der Waals surface area contributed by atoms with Crippen LogP contribution in [0.25, 0.3) is 0 Å². The third-order valence-corrected chi connectivity index (χ3v) is 4.61. The number of carboxylic acids is 1. The van der Waals surface area contributed by atoms with Gasteiger partial charge in [0.1, 0.15) is 0 Å². The Morgan fingerprint density at radius 2 is 2.27 bits per heavy atom. The van der Waals surface area contributed by atoms with Crippen LogP contribution >= 0.6 is 11.8 Å². The number of thioether (sulfide) groups is 1. The summed E-state index contributed by atoms with van der Waals surface area (Å²) < 4.78 is 0. The molecule has 0 spiro atoms. The molecule has 3 atom stereocenters. The Kier molecular flexibility index (Phi) is 4.93. The van der Waals surface area contributed by atoms with Gasteiger partial charge in [-0.05, 0) is 20.3 Å². The largest absolute Gasteiger partial charge is 0.481 e. The lowest BCUT2D eigenvalue weighted by Gasteiger charge is -2.41. The number of carboxylic acid groups (broad SMARTS) is 1. The van der Waals surface area contributed by atoms with E-state index in [1.54, 1.807) is 0 Å². The minimum Gasteiger partial charge on any atom is -0.481 e. The molecule has 15 heavy (non-hydrogen) atoms. The third kappa shape index (κ3) is 3.68. The molecule has 4 heteroatoms. The summed E-state index contributed by atoms with van der Waals surface area (Å²) in [6.07, 6.45) is 1.04. The van der Waals surface area contributed by atoms with E-state index in [4.69, 9.17) is 5.11 Å². The van der Waals surface area contributed by atoms with Crippen LogP contribution in [-0.4, -0.2) is 45.6 Å². The molecule has 1 saturated heterocycles. The fraction of sp³-hybridized carbons (Fsp3) is 0.909. The topological polar surface area (TPSA) is 40.5 Å². The Hall–Kier alpha value is -0.220. The Morgan fingerprint density at radius 3 is 2.87 bits per heavy atom. The van der Waals surface area contributed by atoms with Crippen LogP contribution in [-0.2, 0) is 4.79 Å². The molecule has 1 aliphatic heterocycles. The molecule has 0 aromatic rings. The van der Waals surface area contributed by atoms with Crippen LogP contribution in [0.15, 0.2) is 0 Å². The molecular weight excluding hydrogens is 210 g/mol. The minimum absolute atomic E-state index is 0.284. The number of hydrogen-bond donors (Lipinski definition) is 1. The molecule has 0 amide bonds. The number of aliphatic carboxylic acids is 1. The first-order chi connectivity index (χ1) is 7.02. The first-order valence-electron chi connectivity index (χ1n) is 5.61. The number of rotatable bonds is 4. The Morgan fingerprint density at radius 1 is 1.60 bits per heavy atom. The van der Waals surface area contributed by atoms with Gasteiger partial charge in [-0.15, -0.1) is 0 Å². The third-order valence-electron chi connectivity index (χ3n) is 3.27. The molecular formula is C11H21NO2S. The van der Waals surface area contributed by atoms with E-state index in [0.29, 0.717) is 17.3 Å². The summed E-state index contributed by atoms with van der Waals surface area (Å²) in [6, 6.07) is 0.951. The van der Waals surface area contributed by atoms with Gasteiger partial charge in [-0.1, -0.05) is 6.92 Å². The molecule has 0 aromatic heterocycles. The Bertz CT molecular complexity index is 223. The van der Waals surface area contributed by atoms with Gasteiger partial charge in [0.05, 0.1) is 0 Å². The molecule has 3 nitrogen and oxygen atoms in total. The lowest BCUT2D eigenvalue weighted by Crippen LogP contribution is -2.49. The summed E-state index contributed by atoms with van der Waals surface area (Å²) in [7, 11) is 0. The van der Waals surface area contributed by atoms with Crippen LogP contribution in [0.4, 0.5) is 0 Å². The van der Waals surface area contributed by atoms with Crippen molar-refractivity contribution in [2.24, 2.45) is 0 Å². The molecule has 0 radical (unpaired) electrons. The predicted octanol–water partition coefficient (Wildman–Crippen LogP) is 2.07. The summed E-state index contributed by atoms with van der Waals surface area (Å²) in [4.78, 5) is 13.0. The van der Waals surface area contributed by atoms with Crippen molar-refractivity contribution >= 4 is 17.7 Å². The molecule has 3 unspecified atom stereocenters. The maximum Gasteiger partial charge on any atom is 0.303 e. The monoisotopic (exact) mass is 231 g/mol. The summed E-state index contributed by atoms with van der Waals surface area (Å²) in [5, 5.41) is 9.31. The van der Waals surface area contributed by atoms with Crippen molar-refractivity contribution in [3.8, 4) is 0 Å². The molecule has 1 fully saturated rings. The first-order valence-corrected chi connectivity index (χ1v) is 6.66. The second kappa shape index (κ2) is 5.75. The van der Waals surface area contributed by atoms with E-state index in [0.717, 1.165) is 13.0 Å². The van der Waals surface area contributed by atoms with Crippen LogP contribution < -0.4 is 0 Å². The molecule has 0 bridgehead atoms. The van der Waals surface area contributed by atoms with E-state index in [1.807, 2.05) is 11.8 Å². The average molecular weight is 231 g/mol. The van der Waals surface area contributed by atoms with E-state index in [2.05, 4.69) is 25.7 Å². The van der Waals surface area contributed by atoms with Crippen molar-refractivity contribution in [1.82, 2.24) is 4.90 Å². The normalized spacial score (nSPS) is 30.1. The van der Waals surface area contributed by atoms with Crippen molar-refractivity contribution in [1.29, 1.82) is 0 Å². The zero-order valence-corrected chi connectivity index (χ0v) is 10.6. The molecule has 0 aliphatic carbocycles. The van der Waals surface area contributed by atoms with E-state index in [1.165, 1.54) is 5.75 Å². The second-order valence-electron chi connectivity index (χ2n) is 4.34. The van der Waals surface area contributed by atoms with Crippen LogP contribution in [0.1, 0.15) is 33.6 Å². The van der Waals surface area contributed by atoms with Crippen LogP contribution in [0, 0.1) is 0 Å². The molecule has 0 saturated carbocycles. The predicted molar refractivity (Wildman–Crippen MR) is 64.4 cm³/mol. The molecule has 88 valence electrons. The number of nitrogens with zero attached hydrogens (tertiary/aromatic N) is 1. The van der Waals surface area contributed by atoms with E-state index < -0.39 is 5.97 Å². The highest BCUT2D eigenvalue weighted by atomic mass is 32.2. The van der Waals surface area contributed by atoms with Gasteiger partial charge >= 0.3 is 5.97 Å². The van der Waals surface area contributed by atoms with E-state index in [9.17, 15) is 4.79 Å². The zero-order chi connectivity index (χ0) is 11.4. The van der Waals surface area contributed by atoms with Crippen molar-refractivity contribution in [2.75, 3.05) is 12.3 Å². The maximum atomic E-state index is 10.5. The van der Waals surface area contributed by atoms with E-state index in [-0.39, 0.29) is 6.42 Å².